The van der Waals surface area contributed by atoms with E-state index in [1.165, 1.54) is 0 Å². The van der Waals surface area contributed by atoms with E-state index in [2.05, 4.69) is 32.7 Å². The predicted octanol–water partition coefficient (Wildman–Crippen LogP) is 3.30. The second-order valence-electron chi connectivity index (χ2n) is 8.47. The van der Waals surface area contributed by atoms with Crippen molar-refractivity contribution in [1.29, 1.82) is 0 Å². The Kier molecular flexibility index (Phi) is 6.07. The molecule has 2 aromatic carbocycles. The van der Waals surface area contributed by atoms with Crippen LogP contribution in [0.4, 0.5) is 11.8 Å². The van der Waals surface area contributed by atoms with Gasteiger partial charge in [-0.15, -0.1) is 0 Å². The highest BCUT2D eigenvalue weighted by molar-refractivity contribution is 6.06. The van der Waals surface area contributed by atoms with Crippen molar-refractivity contribution in [3.63, 3.8) is 0 Å². The molecule has 0 bridgehead atoms. The van der Waals surface area contributed by atoms with Gasteiger partial charge in [-0.05, 0) is 37.0 Å². The number of nitrogens with one attached hydrogen (secondary N) is 2. The lowest BCUT2D eigenvalue weighted by atomic mass is 9.73. The van der Waals surface area contributed by atoms with Gasteiger partial charge in [-0.2, -0.15) is 9.97 Å². The maximum atomic E-state index is 9.40. The summed E-state index contributed by atoms with van der Waals surface area (Å²) in [7, 11) is 0. The van der Waals surface area contributed by atoms with Gasteiger partial charge in [-0.25, -0.2) is 0 Å². The molecule has 0 atom stereocenters. The molecule has 8 nitrogen and oxygen atoms in total. The van der Waals surface area contributed by atoms with E-state index in [0.29, 0.717) is 41.7 Å². The molecule has 2 aromatic heterocycles. The third kappa shape index (κ3) is 4.05. The Bertz CT molecular complexity index is 1270. The summed E-state index contributed by atoms with van der Waals surface area (Å²) in [5, 5.41) is 25.5. The summed E-state index contributed by atoms with van der Waals surface area (Å²) < 4.78 is 6.31. The number of aliphatic hydroxyl groups excluding tert-OH is 2. The minimum atomic E-state index is -0.314. The molecule has 0 spiro atoms. The largest absolute Gasteiger partial charge is 0.436 e. The number of benzene rings is 1. The van der Waals surface area contributed by atoms with Gasteiger partial charge in [-0.3, -0.25) is 0 Å². The number of hydrogen-bond donors (Lipinski definition) is 5. The lowest BCUT2D eigenvalue weighted by Gasteiger charge is -2.37. The monoisotopic (exact) mass is 457 g/mol. The summed E-state index contributed by atoms with van der Waals surface area (Å²) in [6.07, 6.45) is 3.04. The number of fused-ring (bicyclic) bond motifs is 1. The summed E-state index contributed by atoms with van der Waals surface area (Å²) >= 11 is 0. The highest BCUT2D eigenvalue weighted by Crippen LogP contribution is 2.43. The Hall–Kier alpha value is -3.64. The van der Waals surface area contributed by atoms with Crippen molar-refractivity contribution in [2.75, 3.05) is 36.9 Å². The van der Waals surface area contributed by atoms with Gasteiger partial charge >= 0.3 is 0 Å². The van der Waals surface area contributed by atoms with Crippen LogP contribution in [0.5, 0.6) is 0 Å². The Morgan fingerprint density at radius 1 is 0.971 bits per heavy atom. The van der Waals surface area contributed by atoms with Crippen molar-refractivity contribution in [3.8, 4) is 22.5 Å². The van der Waals surface area contributed by atoms with E-state index in [1.807, 2.05) is 42.5 Å². The molecular formula is C26H27N5O3. The number of aromatic nitrogens is 2. The van der Waals surface area contributed by atoms with Gasteiger partial charge < -0.3 is 31.0 Å². The van der Waals surface area contributed by atoms with Crippen molar-refractivity contribution in [2.45, 2.75) is 24.8 Å². The number of hydrogen-bond acceptors (Lipinski definition) is 8. The number of furan rings is 1. The molecule has 2 heterocycles. The van der Waals surface area contributed by atoms with E-state index in [-0.39, 0.29) is 18.8 Å². The molecule has 4 aromatic rings. The smallest absolute Gasteiger partial charge is 0.234 e. The van der Waals surface area contributed by atoms with Crippen molar-refractivity contribution in [3.05, 3.63) is 60.2 Å². The minimum absolute atomic E-state index is 0.0543. The van der Waals surface area contributed by atoms with E-state index in [9.17, 15) is 10.2 Å². The van der Waals surface area contributed by atoms with Crippen LogP contribution < -0.4 is 16.4 Å². The van der Waals surface area contributed by atoms with Crippen LogP contribution in [0.2, 0.25) is 0 Å². The van der Waals surface area contributed by atoms with Crippen LogP contribution in [0, 0.1) is 12.1 Å². The van der Waals surface area contributed by atoms with Crippen LogP contribution in [0.1, 0.15) is 24.8 Å². The summed E-state index contributed by atoms with van der Waals surface area (Å²) in [5.74, 6) is 1.46. The van der Waals surface area contributed by atoms with Crippen LogP contribution in [0.25, 0.3) is 33.6 Å². The molecule has 0 unspecified atom stereocenters. The number of anilines is 2. The predicted molar refractivity (Wildman–Crippen MR) is 131 cm³/mol. The fraction of sp³-hybridized carbons (Fsp3) is 0.308. The molecule has 1 aliphatic carbocycles. The third-order valence-electron chi connectivity index (χ3n) is 6.19. The van der Waals surface area contributed by atoms with Gasteiger partial charge in [0, 0.05) is 29.8 Å². The second kappa shape index (κ2) is 9.31. The number of nitrogens with two attached hydrogens (primary N) is 1. The molecule has 0 radical (unpaired) electrons. The van der Waals surface area contributed by atoms with Crippen molar-refractivity contribution in [1.82, 2.24) is 9.97 Å². The Morgan fingerprint density at radius 2 is 1.74 bits per heavy atom. The summed E-state index contributed by atoms with van der Waals surface area (Å²) in [6, 6.07) is 20.4. The van der Waals surface area contributed by atoms with Gasteiger partial charge in [0.05, 0.1) is 24.2 Å². The minimum Gasteiger partial charge on any atom is -0.436 e. The molecule has 8 heteroatoms. The third-order valence-corrected chi connectivity index (χ3v) is 6.19. The molecule has 1 saturated carbocycles. The van der Waals surface area contributed by atoms with Crippen LogP contribution in [0.15, 0.2) is 46.9 Å². The molecule has 6 N–H and O–H groups in total. The topological polar surface area (TPSA) is 129 Å². The molecular weight excluding hydrogens is 430 g/mol. The van der Waals surface area contributed by atoms with Crippen LogP contribution >= 0.6 is 0 Å². The first-order chi connectivity index (χ1) is 16.6. The Labute approximate surface area is 197 Å². The molecule has 0 saturated heterocycles. The van der Waals surface area contributed by atoms with Crippen LogP contribution in [-0.4, -0.2) is 46.5 Å². The van der Waals surface area contributed by atoms with Crippen molar-refractivity contribution < 1.29 is 14.6 Å². The van der Waals surface area contributed by atoms with E-state index in [0.717, 1.165) is 41.5 Å². The van der Waals surface area contributed by atoms with Gasteiger partial charge in [0.25, 0.3) is 0 Å². The molecule has 34 heavy (non-hydrogen) atoms. The lowest BCUT2D eigenvalue weighted by molar-refractivity contribution is 0.253. The van der Waals surface area contributed by atoms with Gasteiger partial charge in [-0.1, -0.05) is 42.5 Å². The second-order valence-corrected chi connectivity index (χ2v) is 8.47. The van der Waals surface area contributed by atoms with Crippen LogP contribution in [-0.2, 0) is 5.54 Å². The highest BCUT2D eigenvalue weighted by atomic mass is 16.3. The van der Waals surface area contributed by atoms with Gasteiger partial charge in [0.1, 0.15) is 5.82 Å². The summed E-state index contributed by atoms with van der Waals surface area (Å²) in [5.41, 5.74) is 10.0. The van der Waals surface area contributed by atoms with Crippen molar-refractivity contribution >= 4 is 22.9 Å². The Balaban J connectivity index is 1.69. The molecule has 5 rings (SSSR count). The number of nitrogens with zero attached hydrogens (tertiary/aromatic N) is 2. The standard InChI is InChI=1S/C26H27N5O3/c27-26(11-4-12-26)19-9-7-18(8-10-19)22-20(17-5-2-1-3-6-17)21-23(28-13-15-32)30-25(29-14-16-33)31-24(21)34-22/h1-3,5-7,9,32-33H,4,11-16,27H2,(H2,28,29,30,31). The van der Waals surface area contributed by atoms with E-state index >= 15 is 0 Å². The quantitative estimate of drug-likeness (QED) is 0.259. The first kappa shape index (κ1) is 22.2. The highest BCUT2D eigenvalue weighted by Gasteiger charge is 2.34. The molecule has 0 aliphatic heterocycles. The van der Waals surface area contributed by atoms with Crippen molar-refractivity contribution in [2.24, 2.45) is 5.73 Å². The fourth-order valence-corrected chi connectivity index (χ4v) is 4.25. The number of rotatable bonds is 9. The number of aliphatic hydroxyl groups is 2. The first-order valence-electron chi connectivity index (χ1n) is 11.5. The molecule has 1 fully saturated rings. The molecule has 1 aliphatic rings. The Morgan fingerprint density at radius 3 is 2.38 bits per heavy atom. The zero-order chi connectivity index (χ0) is 23.5. The average molecular weight is 458 g/mol. The zero-order valence-electron chi connectivity index (χ0n) is 18.8. The fourth-order valence-electron chi connectivity index (χ4n) is 4.25. The molecule has 0 amide bonds. The molecule has 174 valence electrons. The van der Waals surface area contributed by atoms with Crippen LogP contribution in [0.3, 0.4) is 0 Å². The summed E-state index contributed by atoms with van der Waals surface area (Å²) in [6.45, 7) is 0.503. The lowest BCUT2D eigenvalue weighted by Crippen LogP contribution is -2.43. The SMILES string of the molecule is NC1(c2c#cc(-c3oc4nc(NCCO)nc(NCCO)c4c3-c3ccccc3)cc2)CCC1. The zero-order valence-corrected chi connectivity index (χ0v) is 18.8. The summed E-state index contributed by atoms with van der Waals surface area (Å²) in [4.78, 5) is 9.13. The van der Waals surface area contributed by atoms with E-state index < -0.39 is 0 Å². The first-order valence-corrected chi connectivity index (χ1v) is 11.5. The van der Waals surface area contributed by atoms with E-state index in [4.69, 9.17) is 10.2 Å². The van der Waals surface area contributed by atoms with Gasteiger partial charge in [0.2, 0.25) is 11.7 Å². The maximum Gasteiger partial charge on any atom is 0.234 e. The van der Waals surface area contributed by atoms with E-state index in [1.54, 1.807) is 0 Å². The maximum absolute atomic E-state index is 9.40. The average Bonchev–Trinajstić information content (AvgIpc) is 3.25. The normalized spacial score (nSPS) is 14.4. The van der Waals surface area contributed by atoms with Gasteiger partial charge in [0.15, 0.2) is 5.76 Å².